The van der Waals surface area contributed by atoms with Crippen LogP contribution in [0, 0.1) is 0 Å². The number of halogens is 1. The molecule has 1 aliphatic rings. The summed E-state index contributed by atoms with van der Waals surface area (Å²) in [5, 5.41) is 2.13. The minimum atomic E-state index is 0.0589. The van der Waals surface area contributed by atoms with E-state index in [1.165, 1.54) is 11.3 Å². The normalized spacial score (nSPS) is 19.1. The van der Waals surface area contributed by atoms with Gasteiger partial charge in [-0.2, -0.15) is 11.8 Å². The van der Waals surface area contributed by atoms with Gasteiger partial charge in [-0.25, -0.2) is 0 Å². The predicted octanol–water partition coefficient (Wildman–Crippen LogP) is 4.10. The summed E-state index contributed by atoms with van der Waals surface area (Å²) < 4.78 is 0.974. The van der Waals surface area contributed by atoms with E-state index in [2.05, 4.69) is 6.92 Å². The Kier molecular flexibility index (Phi) is 4.33. The van der Waals surface area contributed by atoms with E-state index < -0.39 is 0 Å². The summed E-state index contributed by atoms with van der Waals surface area (Å²) in [5.41, 5.74) is 6.76. The van der Waals surface area contributed by atoms with Crippen LogP contribution in [0.1, 0.15) is 23.0 Å². The number of carbonyl (C=O) groups is 1. The van der Waals surface area contributed by atoms with Crippen molar-refractivity contribution in [3.05, 3.63) is 28.1 Å². The maximum absolute atomic E-state index is 12.8. The molecule has 1 saturated heterocycles. The van der Waals surface area contributed by atoms with E-state index in [0.29, 0.717) is 20.8 Å². The Bertz CT molecular complexity index is 686. The SMILES string of the molecule is CCC1CN(C(=O)c2sc3cc(Cl)ccc3c2N)CCS1. The first-order valence-corrected chi connectivity index (χ1v) is 9.23. The molecule has 0 bridgehead atoms. The molecule has 2 heterocycles. The highest BCUT2D eigenvalue weighted by atomic mass is 35.5. The van der Waals surface area contributed by atoms with E-state index in [1.54, 1.807) is 0 Å². The maximum atomic E-state index is 12.8. The molecule has 0 aliphatic carbocycles. The number of nitrogens with zero attached hydrogens (tertiary/aromatic N) is 1. The van der Waals surface area contributed by atoms with Gasteiger partial charge in [0.15, 0.2) is 0 Å². The molecule has 3 rings (SSSR count). The average Bonchev–Trinajstić information content (AvgIpc) is 2.83. The van der Waals surface area contributed by atoms with E-state index in [9.17, 15) is 4.79 Å². The van der Waals surface area contributed by atoms with Gasteiger partial charge in [0, 0.05) is 39.2 Å². The van der Waals surface area contributed by atoms with Gasteiger partial charge in [0.25, 0.3) is 5.91 Å². The minimum absolute atomic E-state index is 0.0589. The van der Waals surface area contributed by atoms with Gasteiger partial charge in [0.2, 0.25) is 0 Å². The van der Waals surface area contributed by atoms with E-state index in [1.807, 2.05) is 34.9 Å². The number of anilines is 1. The fourth-order valence-electron chi connectivity index (χ4n) is 2.54. The summed E-state index contributed by atoms with van der Waals surface area (Å²) in [6.45, 7) is 3.78. The van der Waals surface area contributed by atoms with Crippen LogP contribution in [-0.4, -0.2) is 34.9 Å². The maximum Gasteiger partial charge on any atom is 0.266 e. The van der Waals surface area contributed by atoms with Crippen LogP contribution in [0.4, 0.5) is 5.69 Å². The van der Waals surface area contributed by atoms with Crippen molar-refractivity contribution in [3.8, 4) is 0 Å². The second-order valence-electron chi connectivity index (χ2n) is 5.14. The Labute approximate surface area is 137 Å². The zero-order valence-electron chi connectivity index (χ0n) is 11.8. The molecule has 1 aromatic heterocycles. The van der Waals surface area contributed by atoms with Gasteiger partial charge in [0.05, 0.1) is 5.69 Å². The zero-order chi connectivity index (χ0) is 15.0. The molecule has 1 atom stereocenters. The largest absolute Gasteiger partial charge is 0.397 e. The minimum Gasteiger partial charge on any atom is -0.397 e. The summed E-state index contributed by atoms with van der Waals surface area (Å²) in [6, 6.07) is 5.57. The van der Waals surface area contributed by atoms with Crippen LogP contribution in [0.2, 0.25) is 5.02 Å². The first-order valence-electron chi connectivity index (χ1n) is 6.98. The Hall–Kier alpha value is -0.910. The van der Waals surface area contributed by atoms with Crippen LogP contribution in [0.15, 0.2) is 18.2 Å². The zero-order valence-corrected chi connectivity index (χ0v) is 14.2. The lowest BCUT2D eigenvalue weighted by atomic mass is 10.2. The van der Waals surface area contributed by atoms with Gasteiger partial charge in [-0.15, -0.1) is 11.3 Å². The lowest BCUT2D eigenvalue weighted by Crippen LogP contribution is -2.41. The molecule has 1 fully saturated rings. The van der Waals surface area contributed by atoms with Crippen LogP contribution >= 0.6 is 34.7 Å². The third-order valence-corrected chi connectivity index (χ3v) is 6.53. The van der Waals surface area contributed by atoms with E-state index >= 15 is 0 Å². The topological polar surface area (TPSA) is 46.3 Å². The Morgan fingerprint density at radius 3 is 3.10 bits per heavy atom. The Morgan fingerprint density at radius 1 is 1.52 bits per heavy atom. The third-order valence-electron chi connectivity index (χ3n) is 3.77. The molecule has 0 saturated carbocycles. The van der Waals surface area contributed by atoms with Crippen molar-refractivity contribution in [2.24, 2.45) is 0 Å². The first-order chi connectivity index (χ1) is 10.1. The highest BCUT2D eigenvalue weighted by molar-refractivity contribution is 8.00. The molecule has 2 N–H and O–H groups in total. The number of hydrogen-bond donors (Lipinski definition) is 1. The van der Waals surface area contributed by atoms with Crippen molar-refractivity contribution >= 4 is 56.4 Å². The molecule has 0 radical (unpaired) electrons. The first kappa shape index (κ1) is 15.0. The van der Waals surface area contributed by atoms with E-state index in [4.69, 9.17) is 17.3 Å². The quantitative estimate of drug-likeness (QED) is 0.895. The van der Waals surface area contributed by atoms with Crippen LogP contribution in [0.3, 0.4) is 0 Å². The van der Waals surface area contributed by atoms with Crippen LogP contribution in [0.5, 0.6) is 0 Å². The van der Waals surface area contributed by atoms with Crippen molar-refractivity contribution in [3.63, 3.8) is 0 Å². The average molecular weight is 341 g/mol. The van der Waals surface area contributed by atoms with E-state index in [-0.39, 0.29) is 5.91 Å². The molecule has 0 spiro atoms. The number of hydrogen-bond acceptors (Lipinski definition) is 4. The summed E-state index contributed by atoms with van der Waals surface area (Å²) in [6.07, 6.45) is 1.09. The van der Waals surface area contributed by atoms with Crippen molar-refractivity contribution in [2.75, 3.05) is 24.6 Å². The van der Waals surface area contributed by atoms with Crippen LogP contribution < -0.4 is 5.73 Å². The molecule has 3 nitrogen and oxygen atoms in total. The second kappa shape index (κ2) is 6.07. The van der Waals surface area contributed by atoms with Gasteiger partial charge in [-0.3, -0.25) is 4.79 Å². The van der Waals surface area contributed by atoms with Gasteiger partial charge >= 0.3 is 0 Å². The predicted molar refractivity (Wildman–Crippen MR) is 93.7 cm³/mol. The molecule has 1 aliphatic heterocycles. The molecular formula is C15H17ClN2OS2. The molecule has 1 amide bonds. The van der Waals surface area contributed by atoms with Crippen molar-refractivity contribution in [1.29, 1.82) is 0 Å². The van der Waals surface area contributed by atoms with Gasteiger partial charge in [0.1, 0.15) is 4.88 Å². The fraction of sp³-hybridized carbons (Fsp3) is 0.400. The number of nitrogens with two attached hydrogens (primary N) is 1. The number of rotatable bonds is 2. The standard InChI is InChI=1S/C15H17ClN2OS2/c1-2-10-8-18(5-6-20-10)15(19)14-13(17)11-4-3-9(16)7-12(11)21-14/h3-4,7,10H,2,5-6,8,17H2,1H3. The number of thiophene rings is 1. The lowest BCUT2D eigenvalue weighted by molar-refractivity contribution is 0.0767. The number of benzene rings is 1. The Balaban J connectivity index is 1.92. The van der Waals surface area contributed by atoms with Crippen molar-refractivity contribution in [1.82, 2.24) is 4.90 Å². The van der Waals surface area contributed by atoms with Crippen LogP contribution in [-0.2, 0) is 0 Å². The van der Waals surface area contributed by atoms with Gasteiger partial charge in [-0.1, -0.05) is 18.5 Å². The molecule has 2 aromatic rings. The molecule has 1 aromatic carbocycles. The molecule has 1 unspecified atom stereocenters. The third kappa shape index (κ3) is 2.87. The van der Waals surface area contributed by atoms with Crippen molar-refractivity contribution in [2.45, 2.75) is 18.6 Å². The number of carbonyl (C=O) groups excluding carboxylic acids is 1. The number of nitrogen functional groups attached to an aromatic ring is 1. The smallest absolute Gasteiger partial charge is 0.266 e. The highest BCUT2D eigenvalue weighted by Crippen LogP contribution is 2.36. The number of thioether (sulfide) groups is 1. The number of fused-ring (bicyclic) bond motifs is 1. The van der Waals surface area contributed by atoms with Crippen molar-refractivity contribution < 1.29 is 4.79 Å². The second-order valence-corrected chi connectivity index (χ2v) is 8.03. The monoisotopic (exact) mass is 340 g/mol. The van der Waals surface area contributed by atoms with E-state index in [0.717, 1.165) is 35.3 Å². The molecular weight excluding hydrogens is 324 g/mol. The summed E-state index contributed by atoms with van der Waals surface area (Å²) >= 11 is 9.41. The van der Waals surface area contributed by atoms with Crippen LogP contribution in [0.25, 0.3) is 10.1 Å². The Morgan fingerprint density at radius 2 is 2.33 bits per heavy atom. The molecule has 6 heteroatoms. The summed E-state index contributed by atoms with van der Waals surface area (Å²) in [5.74, 6) is 1.06. The lowest BCUT2D eigenvalue weighted by Gasteiger charge is -2.31. The molecule has 21 heavy (non-hydrogen) atoms. The fourth-order valence-corrected chi connectivity index (χ4v) is 5.09. The highest BCUT2D eigenvalue weighted by Gasteiger charge is 2.27. The summed E-state index contributed by atoms with van der Waals surface area (Å²) in [7, 11) is 0. The number of amides is 1. The molecule has 112 valence electrons. The summed E-state index contributed by atoms with van der Waals surface area (Å²) in [4.78, 5) is 15.3. The van der Waals surface area contributed by atoms with Gasteiger partial charge < -0.3 is 10.6 Å². The van der Waals surface area contributed by atoms with Gasteiger partial charge in [-0.05, 0) is 24.6 Å².